The smallest absolute Gasteiger partial charge is 0.258 e. The Bertz CT molecular complexity index is 1030. The topological polar surface area (TPSA) is 83.8 Å². The first-order valence-corrected chi connectivity index (χ1v) is 11.3. The van der Waals surface area contributed by atoms with Crippen LogP contribution in [0.15, 0.2) is 42.5 Å². The first-order chi connectivity index (χ1) is 15.6. The van der Waals surface area contributed by atoms with E-state index in [-0.39, 0.29) is 5.91 Å². The van der Waals surface area contributed by atoms with Gasteiger partial charge in [0.2, 0.25) is 5.95 Å². The number of benzene rings is 1. The van der Waals surface area contributed by atoms with Crippen LogP contribution >= 0.6 is 0 Å². The fourth-order valence-electron chi connectivity index (χ4n) is 4.10. The molecule has 1 aliphatic carbocycles. The molecule has 1 amide bonds. The molecule has 2 aromatic heterocycles. The van der Waals surface area contributed by atoms with Crippen LogP contribution < -0.4 is 10.6 Å². The Labute approximate surface area is 189 Å². The van der Waals surface area contributed by atoms with Gasteiger partial charge in [0.05, 0.1) is 6.61 Å². The zero-order valence-corrected chi connectivity index (χ0v) is 18.9. The number of nitrogens with one attached hydrogen (secondary N) is 2. The van der Waals surface area contributed by atoms with Crippen molar-refractivity contribution >= 4 is 23.3 Å². The number of methoxy groups -OCH3 is 1. The van der Waals surface area contributed by atoms with Gasteiger partial charge in [0.15, 0.2) is 5.65 Å². The lowest BCUT2D eigenvalue weighted by Gasteiger charge is -2.23. The van der Waals surface area contributed by atoms with Gasteiger partial charge >= 0.3 is 0 Å². The number of hydrogen-bond donors (Lipinski definition) is 2. The Balaban J connectivity index is 1.40. The summed E-state index contributed by atoms with van der Waals surface area (Å²) in [5.41, 5.74) is 2.42. The number of anilines is 2. The molecule has 0 unspecified atom stereocenters. The van der Waals surface area contributed by atoms with Gasteiger partial charge in [-0.3, -0.25) is 15.0 Å². The molecule has 0 bridgehead atoms. The molecule has 8 heteroatoms. The SMILES string of the molecule is COCCN(C)Cc1ccc(C(=O)Nc2nc3cccc(NC4CCCCC4)n3n2)cc1. The van der Waals surface area contributed by atoms with Gasteiger partial charge in [-0.1, -0.05) is 37.5 Å². The van der Waals surface area contributed by atoms with Crippen LogP contribution in [0.3, 0.4) is 0 Å². The summed E-state index contributed by atoms with van der Waals surface area (Å²) in [7, 11) is 3.75. The Hall–Kier alpha value is -2.97. The second-order valence-corrected chi connectivity index (χ2v) is 8.48. The van der Waals surface area contributed by atoms with E-state index in [1.807, 2.05) is 49.5 Å². The number of carbonyl (C=O) groups is 1. The molecule has 2 N–H and O–H groups in total. The largest absolute Gasteiger partial charge is 0.383 e. The van der Waals surface area contributed by atoms with E-state index in [1.165, 1.54) is 32.1 Å². The van der Waals surface area contributed by atoms with E-state index in [1.54, 1.807) is 11.6 Å². The maximum Gasteiger partial charge on any atom is 0.258 e. The summed E-state index contributed by atoms with van der Waals surface area (Å²) >= 11 is 0. The van der Waals surface area contributed by atoms with E-state index in [4.69, 9.17) is 4.74 Å². The Morgan fingerprint density at radius 1 is 1.16 bits per heavy atom. The fourth-order valence-corrected chi connectivity index (χ4v) is 4.10. The highest BCUT2D eigenvalue weighted by atomic mass is 16.5. The lowest BCUT2D eigenvalue weighted by molar-refractivity contribution is 0.102. The van der Waals surface area contributed by atoms with Crippen LogP contribution in [0, 0.1) is 0 Å². The number of fused-ring (bicyclic) bond motifs is 1. The molecule has 2 heterocycles. The number of likely N-dealkylation sites (N-methyl/N-ethyl adjacent to an activating group) is 1. The Morgan fingerprint density at radius 3 is 2.69 bits per heavy atom. The molecular formula is C24H32N6O2. The molecule has 0 spiro atoms. The van der Waals surface area contributed by atoms with Crippen LogP contribution in [0.4, 0.5) is 11.8 Å². The molecule has 0 radical (unpaired) electrons. The normalized spacial score (nSPS) is 14.7. The molecule has 8 nitrogen and oxygen atoms in total. The fraction of sp³-hybridized carbons (Fsp3) is 0.458. The summed E-state index contributed by atoms with van der Waals surface area (Å²) in [6, 6.07) is 13.9. The summed E-state index contributed by atoms with van der Waals surface area (Å²) in [6.07, 6.45) is 6.18. The summed E-state index contributed by atoms with van der Waals surface area (Å²) in [4.78, 5) is 19.4. The number of hydrogen-bond acceptors (Lipinski definition) is 6. The maximum atomic E-state index is 12.7. The molecule has 0 aliphatic heterocycles. The van der Waals surface area contributed by atoms with Gasteiger partial charge in [0, 0.05) is 31.8 Å². The zero-order valence-electron chi connectivity index (χ0n) is 18.9. The summed E-state index contributed by atoms with van der Waals surface area (Å²) in [5.74, 6) is 0.989. The van der Waals surface area contributed by atoms with Crippen molar-refractivity contribution in [2.24, 2.45) is 0 Å². The Morgan fingerprint density at radius 2 is 1.94 bits per heavy atom. The van der Waals surface area contributed by atoms with Crippen molar-refractivity contribution in [3.8, 4) is 0 Å². The molecule has 1 saturated carbocycles. The minimum atomic E-state index is -0.220. The lowest BCUT2D eigenvalue weighted by Crippen LogP contribution is -2.23. The van der Waals surface area contributed by atoms with E-state index < -0.39 is 0 Å². The highest BCUT2D eigenvalue weighted by Gasteiger charge is 2.16. The van der Waals surface area contributed by atoms with E-state index in [0.29, 0.717) is 29.8 Å². The first kappa shape index (κ1) is 22.2. The molecule has 0 saturated heterocycles. The number of carbonyl (C=O) groups excluding carboxylic acids is 1. The number of amides is 1. The van der Waals surface area contributed by atoms with E-state index in [2.05, 4.69) is 25.6 Å². The van der Waals surface area contributed by atoms with Crippen molar-refractivity contribution in [3.05, 3.63) is 53.6 Å². The van der Waals surface area contributed by atoms with Gasteiger partial charge in [-0.15, -0.1) is 5.10 Å². The van der Waals surface area contributed by atoms with Gasteiger partial charge in [0.25, 0.3) is 5.91 Å². The predicted octanol–water partition coefficient (Wildman–Crippen LogP) is 3.80. The second-order valence-electron chi connectivity index (χ2n) is 8.48. The van der Waals surface area contributed by atoms with Crippen molar-refractivity contribution in [1.82, 2.24) is 19.5 Å². The van der Waals surface area contributed by atoms with Crippen LogP contribution in [-0.2, 0) is 11.3 Å². The number of aromatic nitrogens is 3. The van der Waals surface area contributed by atoms with Crippen LogP contribution in [0.2, 0.25) is 0 Å². The predicted molar refractivity (Wildman–Crippen MR) is 126 cm³/mol. The van der Waals surface area contributed by atoms with Crippen molar-refractivity contribution in [2.45, 2.75) is 44.7 Å². The molecule has 1 fully saturated rings. The average Bonchev–Trinajstić information content (AvgIpc) is 3.22. The standard InChI is InChI=1S/C24H32N6O2/c1-29(15-16-32-2)17-18-11-13-19(14-12-18)23(31)27-24-26-22-10-6-9-21(30(22)28-24)25-20-7-4-3-5-8-20/h6,9-14,20,25H,3-5,7-8,15-17H2,1-2H3,(H,27,28,31). The number of rotatable bonds is 9. The van der Waals surface area contributed by atoms with Crippen LogP contribution in [-0.4, -0.2) is 58.8 Å². The molecule has 0 atom stereocenters. The number of pyridine rings is 1. The minimum absolute atomic E-state index is 0.220. The highest BCUT2D eigenvalue weighted by molar-refractivity contribution is 6.03. The molecular weight excluding hydrogens is 404 g/mol. The van der Waals surface area contributed by atoms with Crippen molar-refractivity contribution in [2.75, 3.05) is 37.9 Å². The van der Waals surface area contributed by atoms with Crippen molar-refractivity contribution < 1.29 is 9.53 Å². The maximum absolute atomic E-state index is 12.7. The second kappa shape index (κ2) is 10.6. The minimum Gasteiger partial charge on any atom is -0.383 e. The highest BCUT2D eigenvalue weighted by Crippen LogP contribution is 2.22. The van der Waals surface area contributed by atoms with Gasteiger partial charge in [-0.25, -0.2) is 0 Å². The van der Waals surface area contributed by atoms with Gasteiger partial charge in [0.1, 0.15) is 5.82 Å². The third kappa shape index (κ3) is 5.63. The van der Waals surface area contributed by atoms with E-state index in [0.717, 1.165) is 24.5 Å². The van der Waals surface area contributed by atoms with Crippen LogP contribution in [0.1, 0.15) is 48.0 Å². The molecule has 32 heavy (non-hydrogen) atoms. The van der Waals surface area contributed by atoms with Gasteiger partial charge in [-0.05, 0) is 49.7 Å². The quantitative estimate of drug-likeness (QED) is 0.531. The summed E-state index contributed by atoms with van der Waals surface area (Å²) in [6.45, 7) is 2.35. The molecule has 170 valence electrons. The first-order valence-electron chi connectivity index (χ1n) is 11.3. The van der Waals surface area contributed by atoms with E-state index >= 15 is 0 Å². The third-order valence-corrected chi connectivity index (χ3v) is 5.89. The Kier molecular flexibility index (Phi) is 7.34. The summed E-state index contributed by atoms with van der Waals surface area (Å²) in [5, 5.41) is 10.9. The molecule has 3 aromatic rings. The van der Waals surface area contributed by atoms with E-state index in [9.17, 15) is 4.79 Å². The monoisotopic (exact) mass is 436 g/mol. The number of ether oxygens (including phenoxy) is 1. The van der Waals surface area contributed by atoms with Crippen molar-refractivity contribution in [1.29, 1.82) is 0 Å². The number of nitrogens with zero attached hydrogens (tertiary/aromatic N) is 4. The molecule has 4 rings (SSSR count). The third-order valence-electron chi connectivity index (χ3n) is 5.89. The summed E-state index contributed by atoms with van der Waals surface area (Å²) < 4.78 is 6.88. The van der Waals surface area contributed by atoms with Gasteiger partial charge < -0.3 is 10.1 Å². The van der Waals surface area contributed by atoms with Crippen molar-refractivity contribution in [3.63, 3.8) is 0 Å². The van der Waals surface area contributed by atoms with Crippen LogP contribution in [0.5, 0.6) is 0 Å². The average molecular weight is 437 g/mol. The lowest BCUT2D eigenvalue weighted by atomic mass is 9.95. The zero-order chi connectivity index (χ0) is 22.3. The molecule has 1 aromatic carbocycles. The van der Waals surface area contributed by atoms with Crippen LogP contribution in [0.25, 0.3) is 5.65 Å². The molecule has 1 aliphatic rings. The van der Waals surface area contributed by atoms with Gasteiger partial charge in [-0.2, -0.15) is 9.50 Å².